The fourth-order valence-electron chi connectivity index (χ4n) is 1.92. The first-order valence-electron chi connectivity index (χ1n) is 6.66. The normalized spacial score (nSPS) is 13.9. The topological polar surface area (TPSA) is 64.3 Å². The number of ether oxygens (including phenoxy) is 1. The summed E-state index contributed by atoms with van der Waals surface area (Å²) in [6.07, 6.45) is 1.43. The third-order valence-corrected chi connectivity index (χ3v) is 3.10. The summed E-state index contributed by atoms with van der Waals surface area (Å²) in [6.45, 7) is 4.64. The Kier molecular flexibility index (Phi) is 6.53. The summed E-state index contributed by atoms with van der Waals surface area (Å²) in [5.41, 5.74) is 8.12. The minimum absolute atomic E-state index is 0.0270. The molecule has 0 bridgehead atoms. The first-order chi connectivity index (χ1) is 9.04. The number of benzene rings is 1. The van der Waals surface area contributed by atoms with E-state index in [1.807, 2.05) is 32.0 Å². The summed E-state index contributed by atoms with van der Waals surface area (Å²) in [5.74, 6) is -0.106. The molecular formula is C15H24N2O2. The predicted molar refractivity (Wildman–Crippen MR) is 76.8 cm³/mol. The number of methoxy groups -OCH3 is 1. The number of hydrogen-bond acceptors (Lipinski definition) is 3. The minimum Gasteiger partial charge on any atom is -0.385 e. The van der Waals surface area contributed by atoms with Crippen molar-refractivity contribution >= 4 is 5.91 Å². The zero-order valence-electron chi connectivity index (χ0n) is 12.0. The van der Waals surface area contributed by atoms with Crippen molar-refractivity contribution in [2.45, 2.75) is 38.8 Å². The molecule has 0 aliphatic rings. The van der Waals surface area contributed by atoms with Crippen molar-refractivity contribution in [1.82, 2.24) is 5.32 Å². The summed E-state index contributed by atoms with van der Waals surface area (Å²) in [7, 11) is 1.64. The largest absolute Gasteiger partial charge is 0.385 e. The van der Waals surface area contributed by atoms with Crippen LogP contribution in [0.2, 0.25) is 0 Å². The third-order valence-electron chi connectivity index (χ3n) is 3.10. The highest BCUT2D eigenvalue weighted by atomic mass is 16.5. The fourth-order valence-corrected chi connectivity index (χ4v) is 1.92. The van der Waals surface area contributed by atoms with Gasteiger partial charge in [-0.3, -0.25) is 4.79 Å². The Morgan fingerprint density at radius 1 is 1.47 bits per heavy atom. The standard InChI is InChI=1S/C15H24N2O2/c1-11-6-4-7-13(10-11)12(2)17-15(18)14(16)8-5-9-19-3/h4,6-7,10,12,14H,5,8-9,16H2,1-3H3,(H,17,18)/t12-,14?/m1/s1. The van der Waals surface area contributed by atoms with Gasteiger partial charge in [0.1, 0.15) is 0 Å². The molecule has 4 heteroatoms. The van der Waals surface area contributed by atoms with Gasteiger partial charge in [0.15, 0.2) is 0 Å². The molecule has 1 rings (SSSR count). The van der Waals surface area contributed by atoms with Crippen LogP contribution in [0.15, 0.2) is 24.3 Å². The molecule has 19 heavy (non-hydrogen) atoms. The lowest BCUT2D eigenvalue weighted by molar-refractivity contribution is -0.123. The van der Waals surface area contributed by atoms with Crippen molar-refractivity contribution < 1.29 is 9.53 Å². The number of carbonyl (C=O) groups is 1. The number of aryl methyl sites for hydroxylation is 1. The summed E-state index contributed by atoms with van der Waals surface area (Å²) < 4.78 is 4.95. The second-order valence-electron chi connectivity index (χ2n) is 4.89. The Morgan fingerprint density at radius 2 is 2.21 bits per heavy atom. The fraction of sp³-hybridized carbons (Fsp3) is 0.533. The van der Waals surface area contributed by atoms with Crippen molar-refractivity contribution in [3.05, 3.63) is 35.4 Å². The summed E-state index contributed by atoms with van der Waals surface area (Å²) in [4.78, 5) is 11.9. The van der Waals surface area contributed by atoms with Gasteiger partial charge in [0.25, 0.3) is 0 Å². The molecule has 1 amide bonds. The van der Waals surface area contributed by atoms with Crippen LogP contribution in [0.5, 0.6) is 0 Å². The smallest absolute Gasteiger partial charge is 0.237 e. The van der Waals surface area contributed by atoms with Gasteiger partial charge in [-0.1, -0.05) is 29.8 Å². The molecule has 0 heterocycles. The monoisotopic (exact) mass is 264 g/mol. The van der Waals surface area contributed by atoms with E-state index in [1.165, 1.54) is 5.56 Å². The quantitative estimate of drug-likeness (QED) is 0.740. The van der Waals surface area contributed by atoms with Crippen molar-refractivity contribution in [3.63, 3.8) is 0 Å². The van der Waals surface area contributed by atoms with E-state index in [2.05, 4.69) is 11.4 Å². The van der Waals surface area contributed by atoms with Crippen LogP contribution in [-0.4, -0.2) is 25.7 Å². The van der Waals surface area contributed by atoms with Gasteiger partial charge >= 0.3 is 0 Å². The highest BCUT2D eigenvalue weighted by Crippen LogP contribution is 2.14. The van der Waals surface area contributed by atoms with Crippen LogP contribution in [0.4, 0.5) is 0 Å². The molecule has 0 saturated heterocycles. The van der Waals surface area contributed by atoms with Crippen molar-refractivity contribution in [2.24, 2.45) is 5.73 Å². The zero-order chi connectivity index (χ0) is 14.3. The number of rotatable bonds is 7. The predicted octanol–water partition coefficient (Wildman–Crippen LogP) is 1.93. The van der Waals surface area contributed by atoms with Gasteiger partial charge in [0.05, 0.1) is 12.1 Å². The Bertz CT molecular complexity index is 407. The molecule has 0 aliphatic heterocycles. The molecule has 0 aliphatic carbocycles. The van der Waals surface area contributed by atoms with Gasteiger partial charge in [-0.05, 0) is 32.3 Å². The van der Waals surface area contributed by atoms with Crippen molar-refractivity contribution in [1.29, 1.82) is 0 Å². The van der Waals surface area contributed by atoms with E-state index in [4.69, 9.17) is 10.5 Å². The highest BCUT2D eigenvalue weighted by molar-refractivity contribution is 5.81. The van der Waals surface area contributed by atoms with Gasteiger partial charge in [0, 0.05) is 13.7 Å². The first kappa shape index (κ1) is 15.7. The summed E-state index contributed by atoms with van der Waals surface area (Å²) in [5, 5.41) is 2.95. The van der Waals surface area contributed by atoms with E-state index in [-0.39, 0.29) is 11.9 Å². The molecule has 0 aromatic heterocycles. The Balaban J connectivity index is 2.47. The Morgan fingerprint density at radius 3 is 2.84 bits per heavy atom. The minimum atomic E-state index is -0.470. The van der Waals surface area contributed by atoms with Gasteiger partial charge in [-0.15, -0.1) is 0 Å². The molecule has 1 aromatic carbocycles. The van der Waals surface area contributed by atoms with Gasteiger partial charge in [-0.25, -0.2) is 0 Å². The molecule has 4 nitrogen and oxygen atoms in total. The summed E-state index contributed by atoms with van der Waals surface area (Å²) in [6, 6.07) is 7.61. The lowest BCUT2D eigenvalue weighted by atomic mass is 10.0. The SMILES string of the molecule is COCCCC(N)C(=O)N[C@H](C)c1cccc(C)c1. The van der Waals surface area contributed by atoms with Crippen LogP contribution < -0.4 is 11.1 Å². The van der Waals surface area contributed by atoms with Crippen LogP contribution in [0.3, 0.4) is 0 Å². The van der Waals surface area contributed by atoms with Crippen LogP contribution in [-0.2, 0) is 9.53 Å². The number of nitrogens with two attached hydrogens (primary N) is 1. The molecule has 3 N–H and O–H groups in total. The molecule has 2 atom stereocenters. The highest BCUT2D eigenvalue weighted by Gasteiger charge is 2.16. The van der Waals surface area contributed by atoms with E-state index in [0.717, 1.165) is 12.0 Å². The summed E-state index contributed by atoms with van der Waals surface area (Å²) >= 11 is 0. The number of hydrogen-bond donors (Lipinski definition) is 2. The van der Waals surface area contributed by atoms with E-state index in [1.54, 1.807) is 7.11 Å². The number of nitrogens with one attached hydrogen (secondary N) is 1. The maximum absolute atomic E-state index is 11.9. The molecule has 1 aromatic rings. The molecule has 0 radical (unpaired) electrons. The van der Waals surface area contributed by atoms with E-state index >= 15 is 0 Å². The van der Waals surface area contributed by atoms with Crippen LogP contribution >= 0.6 is 0 Å². The van der Waals surface area contributed by atoms with Crippen LogP contribution in [0.1, 0.15) is 36.9 Å². The molecule has 0 fully saturated rings. The maximum Gasteiger partial charge on any atom is 0.237 e. The molecule has 0 saturated carbocycles. The van der Waals surface area contributed by atoms with Gasteiger partial charge in [0.2, 0.25) is 5.91 Å². The molecule has 1 unspecified atom stereocenters. The van der Waals surface area contributed by atoms with Gasteiger partial charge in [-0.2, -0.15) is 0 Å². The Hall–Kier alpha value is -1.39. The molecule has 0 spiro atoms. The number of amides is 1. The van der Waals surface area contributed by atoms with E-state index < -0.39 is 6.04 Å². The Labute approximate surface area is 115 Å². The van der Waals surface area contributed by atoms with Crippen LogP contribution in [0.25, 0.3) is 0 Å². The van der Waals surface area contributed by atoms with E-state index in [0.29, 0.717) is 13.0 Å². The molecular weight excluding hydrogens is 240 g/mol. The lowest BCUT2D eigenvalue weighted by Crippen LogP contribution is -2.41. The van der Waals surface area contributed by atoms with Gasteiger partial charge < -0.3 is 15.8 Å². The average Bonchev–Trinajstić information content (AvgIpc) is 2.38. The second-order valence-corrected chi connectivity index (χ2v) is 4.89. The van der Waals surface area contributed by atoms with Crippen molar-refractivity contribution in [3.8, 4) is 0 Å². The average molecular weight is 264 g/mol. The lowest BCUT2D eigenvalue weighted by Gasteiger charge is -2.18. The first-order valence-corrected chi connectivity index (χ1v) is 6.66. The maximum atomic E-state index is 11.9. The third kappa shape index (κ3) is 5.41. The molecule has 106 valence electrons. The van der Waals surface area contributed by atoms with E-state index in [9.17, 15) is 4.79 Å². The zero-order valence-corrected chi connectivity index (χ0v) is 12.0. The van der Waals surface area contributed by atoms with Crippen molar-refractivity contribution in [2.75, 3.05) is 13.7 Å². The number of carbonyl (C=O) groups excluding carboxylic acids is 1. The second kappa shape index (κ2) is 7.92. The van der Waals surface area contributed by atoms with Crippen LogP contribution in [0, 0.1) is 6.92 Å².